The van der Waals surface area contributed by atoms with Crippen LogP contribution in [-0.4, -0.2) is 67.0 Å². The normalized spacial score (nSPS) is 28.4. The fourth-order valence-electron chi connectivity index (χ4n) is 5.08. The monoisotopic (exact) mass is 626 g/mol. The lowest BCUT2D eigenvalue weighted by Crippen LogP contribution is -2.55. The summed E-state index contributed by atoms with van der Waals surface area (Å²) in [7, 11) is -4.63. The van der Waals surface area contributed by atoms with Crippen molar-refractivity contribution < 1.29 is 41.8 Å². The van der Waals surface area contributed by atoms with Crippen molar-refractivity contribution in [1.82, 2.24) is 24.6 Å². The first-order valence-corrected chi connectivity index (χ1v) is 15.3. The Hall–Kier alpha value is -3.43. The largest absolute Gasteiger partial charge is 0.461 e. The average Bonchev–Trinajstić information content (AvgIpc) is 3.45. The number of nitrogens with two attached hydrogens (primary N) is 1. The number of halogens is 2. The predicted octanol–water partition coefficient (Wildman–Crippen LogP) is 3.04. The fraction of sp³-hybridized carbons (Fsp3) is 0.538. The Morgan fingerprint density at radius 3 is 2.72 bits per heavy atom. The molecule has 2 aromatic heterocycles. The first-order valence-electron chi connectivity index (χ1n) is 13.7. The first kappa shape index (κ1) is 31.0. The molecule has 1 saturated carbocycles. The number of H-pyrrole nitrogens is 1. The van der Waals surface area contributed by atoms with Crippen molar-refractivity contribution in [3.63, 3.8) is 0 Å². The van der Waals surface area contributed by atoms with Crippen LogP contribution in [0.25, 0.3) is 11.2 Å². The second kappa shape index (κ2) is 11.9. The molecule has 2 aliphatic rings. The van der Waals surface area contributed by atoms with Crippen LogP contribution in [0, 0.1) is 0 Å². The highest BCUT2D eigenvalue weighted by atomic mass is 31.2. The molecule has 6 atom stereocenters. The average molecular weight is 627 g/mol. The van der Waals surface area contributed by atoms with Gasteiger partial charge in [0, 0.05) is 0 Å². The zero-order chi connectivity index (χ0) is 31.0. The van der Waals surface area contributed by atoms with Gasteiger partial charge < -0.3 is 24.8 Å². The summed E-state index contributed by atoms with van der Waals surface area (Å²) in [6, 6.07) is 6.49. The Morgan fingerprint density at radius 2 is 2.02 bits per heavy atom. The smallest absolute Gasteiger partial charge is 0.459 e. The van der Waals surface area contributed by atoms with E-state index < -0.39 is 55.8 Å². The van der Waals surface area contributed by atoms with Gasteiger partial charge in [-0.1, -0.05) is 24.6 Å². The molecule has 6 unspecified atom stereocenters. The zero-order valence-corrected chi connectivity index (χ0v) is 24.3. The molecule has 5 N–H and O–H groups in total. The quantitative estimate of drug-likeness (QED) is 0.190. The number of alkyl halides is 2. The number of hydrogen-bond acceptors (Lipinski definition) is 11. The maximum atomic E-state index is 16.4. The number of esters is 1. The van der Waals surface area contributed by atoms with Gasteiger partial charge in [0.05, 0.1) is 6.33 Å². The Bertz CT molecular complexity index is 1570. The lowest BCUT2D eigenvalue weighted by atomic mass is 9.87. The van der Waals surface area contributed by atoms with Crippen molar-refractivity contribution in [2.24, 2.45) is 0 Å². The van der Waals surface area contributed by atoms with Crippen LogP contribution < -0.4 is 20.9 Å². The first-order chi connectivity index (χ1) is 20.3. The van der Waals surface area contributed by atoms with Crippen LogP contribution in [0.4, 0.5) is 14.7 Å². The number of ether oxygens (including phenoxy) is 2. The van der Waals surface area contributed by atoms with Crippen molar-refractivity contribution in [2.75, 3.05) is 12.3 Å². The molecule has 2 fully saturated rings. The van der Waals surface area contributed by atoms with E-state index in [-0.39, 0.29) is 29.0 Å². The van der Waals surface area contributed by atoms with E-state index in [9.17, 15) is 19.3 Å². The third-order valence-corrected chi connectivity index (χ3v) is 9.21. The van der Waals surface area contributed by atoms with Gasteiger partial charge in [0.15, 0.2) is 17.4 Å². The molecule has 1 aromatic carbocycles. The van der Waals surface area contributed by atoms with Crippen LogP contribution in [0.2, 0.25) is 0 Å². The van der Waals surface area contributed by atoms with Gasteiger partial charge in [0.1, 0.15) is 30.1 Å². The Labute approximate surface area is 244 Å². The molecule has 3 aromatic rings. The van der Waals surface area contributed by atoms with Crippen molar-refractivity contribution >= 4 is 30.8 Å². The van der Waals surface area contributed by atoms with Gasteiger partial charge >= 0.3 is 13.7 Å². The number of para-hydroxylation sites is 1. The highest BCUT2D eigenvalue weighted by Crippen LogP contribution is 2.53. The highest BCUT2D eigenvalue weighted by molar-refractivity contribution is 7.52. The van der Waals surface area contributed by atoms with Gasteiger partial charge in [-0.15, -0.1) is 0 Å². The summed E-state index contributed by atoms with van der Waals surface area (Å²) in [6.07, 6.45) is 0.385. The van der Waals surface area contributed by atoms with Gasteiger partial charge in [-0.3, -0.25) is 23.7 Å². The molecule has 1 aliphatic carbocycles. The van der Waals surface area contributed by atoms with Crippen LogP contribution in [0.5, 0.6) is 5.75 Å². The summed E-state index contributed by atoms with van der Waals surface area (Å²) in [5.41, 5.74) is -1.57. The third-order valence-electron chi connectivity index (χ3n) is 7.59. The molecule has 3 heterocycles. The number of hydrogen-bond donors (Lipinski definition) is 4. The zero-order valence-electron chi connectivity index (χ0n) is 23.4. The molecule has 43 heavy (non-hydrogen) atoms. The molecule has 0 spiro atoms. The van der Waals surface area contributed by atoms with Crippen LogP contribution in [0.3, 0.4) is 0 Å². The van der Waals surface area contributed by atoms with Gasteiger partial charge in [-0.2, -0.15) is 10.1 Å². The minimum absolute atomic E-state index is 0.0435. The second-order valence-corrected chi connectivity index (χ2v) is 12.5. The summed E-state index contributed by atoms with van der Waals surface area (Å²) < 4.78 is 68.2. The maximum Gasteiger partial charge on any atom is 0.459 e. The Kier molecular flexibility index (Phi) is 8.60. The van der Waals surface area contributed by atoms with E-state index in [1.54, 1.807) is 18.2 Å². The second-order valence-electron chi connectivity index (χ2n) is 10.8. The standard InChI is InChI=1S/C26H33F2N6O8P/c1-15(21(36)40-16-9-5-3-6-10-16)33-43(38,42-17-11-7-4-8-12-17)39-13-26(28)22(27)41-23(25(26,2)37)34-14-30-18-19(34)31-24(29)32-20(18)35/h4,7-8,11-12,14-16,22-23,37H,3,5-6,9-10,13H2,1-2H3,(H,33,38)(H3,29,31,32,35). The van der Waals surface area contributed by atoms with Gasteiger partial charge in [0.25, 0.3) is 5.56 Å². The number of nitrogen functional groups attached to an aromatic ring is 1. The maximum absolute atomic E-state index is 16.4. The number of anilines is 1. The Balaban J connectivity index is 1.37. The number of carbonyl (C=O) groups is 1. The molecule has 5 rings (SSSR count). The highest BCUT2D eigenvalue weighted by Gasteiger charge is 2.68. The van der Waals surface area contributed by atoms with Gasteiger partial charge in [-0.05, 0) is 51.7 Å². The van der Waals surface area contributed by atoms with Crippen LogP contribution in [0.1, 0.15) is 52.2 Å². The van der Waals surface area contributed by atoms with Crippen molar-refractivity contribution in [3.05, 3.63) is 47.0 Å². The molecule has 0 radical (unpaired) electrons. The number of rotatable bonds is 10. The molecular formula is C26H33F2N6O8P. The molecule has 1 aliphatic heterocycles. The summed E-state index contributed by atoms with van der Waals surface area (Å²) in [5, 5.41) is 13.8. The van der Waals surface area contributed by atoms with Gasteiger partial charge in [0.2, 0.25) is 18.0 Å². The number of nitrogens with zero attached hydrogens (tertiary/aromatic N) is 3. The third kappa shape index (κ3) is 6.15. The van der Waals surface area contributed by atoms with E-state index in [0.29, 0.717) is 12.8 Å². The van der Waals surface area contributed by atoms with E-state index in [2.05, 4.69) is 20.0 Å². The number of carbonyl (C=O) groups excluding carboxylic acids is 1. The number of nitrogens with one attached hydrogen (secondary N) is 2. The molecule has 234 valence electrons. The number of aliphatic hydroxyl groups is 1. The number of aromatic nitrogens is 4. The molecule has 0 bridgehead atoms. The molecule has 14 nitrogen and oxygen atoms in total. The van der Waals surface area contributed by atoms with Gasteiger partial charge in [-0.25, -0.2) is 18.3 Å². The van der Waals surface area contributed by atoms with Crippen LogP contribution in [-0.2, 0) is 23.4 Å². The molecular weight excluding hydrogens is 593 g/mol. The number of benzene rings is 1. The van der Waals surface area contributed by atoms with E-state index in [0.717, 1.165) is 37.1 Å². The van der Waals surface area contributed by atoms with E-state index in [4.69, 9.17) is 24.3 Å². The van der Waals surface area contributed by atoms with E-state index in [1.165, 1.54) is 19.1 Å². The fourth-order valence-corrected chi connectivity index (χ4v) is 6.60. The van der Waals surface area contributed by atoms with Crippen molar-refractivity contribution in [3.8, 4) is 5.75 Å². The minimum atomic E-state index is -4.63. The van der Waals surface area contributed by atoms with Crippen molar-refractivity contribution in [1.29, 1.82) is 0 Å². The summed E-state index contributed by atoms with van der Waals surface area (Å²) in [5.74, 6) is -0.984. The molecule has 17 heteroatoms. The topological polar surface area (TPSA) is 193 Å². The number of imidazole rings is 1. The van der Waals surface area contributed by atoms with Crippen LogP contribution in [0.15, 0.2) is 41.5 Å². The minimum Gasteiger partial charge on any atom is -0.461 e. The SMILES string of the molecule is CC(NP(=O)(OCC1(F)C(F)OC(n2cnc3c(=O)[nH]c(N)nc32)C1(C)O)Oc1ccccc1)C(=O)OC1CCCCC1. The van der Waals surface area contributed by atoms with E-state index in [1.807, 2.05) is 0 Å². The summed E-state index contributed by atoms with van der Waals surface area (Å²) in [6.45, 7) is 0.958. The van der Waals surface area contributed by atoms with Crippen molar-refractivity contribution in [2.45, 2.75) is 82.0 Å². The Morgan fingerprint density at radius 1 is 1.33 bits per heavy atom. The molecule has 0 amide bonds. The molecule has 1 saturated heterocycles. The van der Waals surface area contributed by atoms with Crippen LogP contribution >= 0.6 is 7.75 Å². The van der Waals surface area contributed by atoms with E-state index >= 15 is 8.78 Å². The summed E-state index contributed by atoms with van der Waals surface area (Å²) >= 11 is 0. The number of fused-ring (bicyclic) bond motifs is 1. The summed E-state index contributed by atoms with van der Waals surface area (Å²) in [4.78, 5) is 35.0. The number of aromatic amines is 1. The lowest BCUT2D eigenvalue weighted by molar-refractivity contribution is -0.152. The lowest BCUT2D eigenvalue weighted by Gasteiger charge is -2.35. The predicted molar refractivity (Wildman–Crippen MR) is 148 cm³/mol.